The van der Waals surface area contributed by atoms with Gasteiger partial charge in [-0.3, -0.25) is 14.5 Å². The maximum atomic E-state index is 14.0. The minimum atomic E-state index is -0.625. The normalized spacial score (nSPS) is 21.0. The van der Waals surface area contributed by atoms with E-state index < -0.39 is 6.04 Å². The second-order valence-electron chi connectivity index (χ2n) is 13.1. The lowest BCUT2D eigenvalue weighted by Crippen LogP contribution is -2.63. The molecule has 3 aliphatic heterocycles. The summed E-state index contributed by atoms with van der Waals surface area (Å²) < 4.78 is 0. The number of amides is 2. The predicted molar refractivity (Wildman–Crippen MR) is 174 cm³/mol. The van der Waals surface area contributed by atoms with Crippen LogP contribution < -0.4 is 10.6 Å². The molecule has 0 aromatic heterocycles. The Hall–Kier alpha value is -2.87. The van der Waals surface area contributed by atoms with Gasteiger partial charge in [-0.05, 0) is 60.9 Å². The number of benzene rings is 2. The molecule has 2 saturated heterocycles. The van der Waals surface area contributed by atoms with E-state index in [2.05, 4.69) is 59.9 Å². The molecule has 2 aromatic rings. The fourth-order valence-corrected chi connectivity index (χ4v) is 7.52. The van der Waals surface area contributed by atoms with Gasteiger partial charge in [-0.2, -0.15) is 0 Å². The van der Waals surface area contributed by atoms with Crippen LogP contribution in [0.1, 0.15) is 69.2 Å². The van der Waals surface area contributed by atoms with E-state index in [1.807, 2.05) is 41.3 Å². The zero-order chi connectivity index (χ0) is 30.6. The van der Waals surface area contributed by atoms with Gasteiger partial charge in [0.15, 0.2) is 0 Å². The molecular weight excluding hydrogens is 558 g/mol. The quantitative estimate of drug-likeness (QED) is 0.392. The van der Waals surface area contributed by atoms with Crippen LogP contribution in [0.2, 0.25) is 5.02 Å². The molecular formula is C35H48ClN5O2. The minimum Gasteiger partial charge on any atom is -0.375 e. The number of piperazine rings is 1. The van der Waals surface area contributed by atoms with Crippen molar-refractivity contribution in [1.29, 1.82) is 0 Å². The molecule has 232 valence electrons. The van der Waals surface area contributed by atoms with Crippen LogP contribution in [0.5, 0.6) is 0 Å². The van der Waals surface area contributed by atoms with Crippen LogP contribution >= 0.6 is 11.6 Å². The number of carbonyl (C=O) groups is 2. The third-order valence-electron chi connectivity index (χ3n) is 9.63. The summed E-state index contributed by atoms with van der Waals surface area (Å²) in [5.41, 5.74) is 4.68. The van der Waals surface area contributed by atoms with Gasteiger partial charge in [-0.25, -0.2) is 0 Å². The zero-order valence-electron chi connectivity index (χ0n) is 26.1. The SMILES string of the molecule is C=C(C)N1CCC(CC(C)C)(N2CCN(C(=O)[C@@H](Cc3ccc(Cl)cc3)NC(=O)CC3NCc4ccccc43)CC2)CC1. The predicted octanol–water partition coefficient (Wildman–Crippen LogP) is 5.16. The summed E-state index contributed by atoms with van der Waals surface area (Å²) in [6, 6.07) is 15.1. The Morgan fingerprint density at radius 3 is 2.33 bits per heavy atom. The van der Waals surface area contributed by atoms with Crippen molar-refractivity contribution in [3.63, 3.8) is 0 Å². The molecule has 5 rings (SSSR count). The van der Waals surface area contributed by atoms with Gasteiger partial charge in [0.2, 0.25) is 11.8 Å². The van der Waals surface area contributed by atoms with Crippen LogP contribution in [0.25, 0.3) is 0 Å². The highest BCUT2D eigenvalue weighted by atomic mass is 35.5. The molecule has 2 atom stereocenters. The van der Waals surface area contributed by atoms with Gasteiger partial charge in [0.25, 0.3) is 0 Å². The van der Waals surface area contributed by atoms with E-state index in [0.29, 0.717) is 36.9 Å². The Kier molecular flexibility index (Phi) is 10.2. The highest BCUT2D eigenvalue weighted by molar-refractivity contribution is 6.30. The van der Waals surface area contributed by atoms with E-state index in [9.17, 15) is 9.59 Å². The number of allylic oxidation sites excluding steroid dienone is 1. The van der Waals surface area contributed by atoms with Gasteiger partial charge < -0.3 is 20.4 Å². The third kappa shape index (κ3) is 7.62. The number of rotatable bonds is 10. The molecule has 8 heteroatoms. The van der Waals surface area contributed by atoms with Crippen LogP contribution in [0.3, 0.4) is 0 Å². The fourth-order valence-electron chi connectivity index (χ4n) is 7.39. The van der Waals surface area contributed by atoms with Crippen LogP contribution in [-0.4, -0.2) is 77.4 Å². The van der Waals surface area contributed by atoms with Crippen LogP contribution in [-0.2, 0) is 22.6 Å². The van der Waals surface area contributed by atoms with Crippen molar-refractivity contribution in [2.45, 2.75) is 77.0 Å². The lowest BCUT2D eigenvalue weighted by Gasteiger charge is -2.53. The number of nitrogens with one attached hydrogen (secondary N) is 2. The van der Waals surface area contributed by atoms with Gasteiger partial charge in [0, 0.05) is 81.0 Å². The average molecular weight is 606 g/mol. The molecule has 2 amide bonds. The fraction of sp³-hybridized carbons (Fsp3) is 0.543. The topological polar surface area (TPSA) is 67.9 Å². The molecule has 0 spiro atoms. The second-order valence-corrected chi connectivity index (χ2v) is 13.6. The average Bonchev–Trinajstić information content (AvgIpc) is 3.40. The first-order chi connectivity index (χ1) is 20.6. The van der Waals surface area contributed by atoms with Gasteiger partial charge in [0.05, 0.1) is 0 Å². The van der Waals surface area contributed by atoms with Crippen molar-refractivity contribution >= 4 is 23.4 Å². The summed E-state index contributed by atoms with van der Waals surface area (Å²) in [6.07, 6.45) is 4.15. The van der Waals surface area contributed by atoms with Gasteiger partial charge >= 0.3 is 0 Å². The summed E-state index contributed by atoms with van der Waals surface area (Å²) in [5.74, 6) is 0.495. The largest absolute Gasteiger partial charge is 0.375 e. The lowest BCUT2D eigenvalue weighted by atomic mass is 9.78. The summed E-state index contributed by atoms with van der Waals surface area (Å²) in [6.45, 7) is 16.8. The molecule has 7 nitrogen and oxygen atoms in total. The van der Waals surface area contributed by atoms with Crippen molar-refractivity contribution < 1.29 is 9.59 Å². The summed E-state index contributed by atoms with van der Waals surface area (Å²) in [7, 11) is 0. The maximum absolute atomic E-state index is 14.0. The highest BCUT2D eigenvalue weighted by Gasteiger charge is 2.42. The molecule has 3 aliphatic rings. The van der Waals surface area contributed by atoms with Crippen LogP contribution in [0.15, 0.2) is 60.8 Å². The number of hydrogen-bond donors (Lipinski definition) is 2. The number of halogens is 1. The number of nitrogens with zero attached hydrogens (tertiary/aromatic N) is 3. The van der Waals surface area contributed by atoms with E-state index in [4.69, 9.17) is 11.6 Å². The van der Waals surface area contributed by atoms with Crippen molar-refractivity contribution in [2.24, 2.45) is 5.92 Å². The standard InChI is InChI=1S/C35H48ClN5O2/c1-25(2)23-35(13-15-39(16-14-35)26(3)4)41-19-17-40(18-20-41)34(43)32(21-27-9-11-29(36)12-10-27)38-33(42)22-31-30-8-6-5-7-28(30)24-37-31/h5-12,25,31-32,37H,3,13-24H2,1-2,4H3,(H,38,42)/t31?,32-/m1/s1. The van der Waals surface area contributed by atoms with Gasteiger partial charge in [-0.1, -0.05) is 68.4 Å². The van der Waals surface area contributed by atoms with Crippen molar-refractivity contribution in [3.05, 3.63) is 82.5 Å². The Morgan fingerprint density at radius 2 is 1.67 bits per heavy atom. The van der Waals surface area contributed by atoms with E-state index in [-0.39, 0.29) is 23.4 Å². The molecule has 0 bridgehead atoms. The molecule has 0 radical (unpaired) electrons. The molecule has 2 fully saturated rings. The first-order valence-corrected chi connectivity index (χ1v) is 16.3. The monoisotopic (exact) mass is 605 g/mol. The Bertz CT molecular complexity index is 1280. The van der Waals surface area contributed by atoms with Crippen molar-refractivity contribution in [2.75, 3.05) is 39.3 Å². The zero-order valence-corrected chi connectivity index (χ0v) is 26.8. The Labute approximate surface area is 262 Å². The molecule has 43 heavy (non-hydrogen) atoms. The highest BCUT2D eigenvalue weighted by Crippen LogP contribution is 2.36. The molecule has 0 saturated carbocycles. The van der Waals surface area contributed by atoms with Crippen LogP contribution in [0, 0.1) is 5.92 Å². The van der Waals surface area contributed by atoms with Crippen molar-refractivity contribution in [1.82, 2.24) is 25.3 Å². The van der Waals surface area contributed by atoms with Crippen LogP contribution in [0.4, 0.5) is 0 Å². The third-order valence-corrected chi connectivity index (χ3v) is 9.88. The molecule has 2 N–H and O–H groups in total. The minimum absolute atomic E-state index is 0.00209. The number of likely N-dealkylation sites (tertiary alicyclic amines) is 1. The number of fused-ring (bicyclic) bond motifs is 1. The number of hydrogen-bond acceptors (Lipinski definition) is 5. The van der Waals surface area contributed by atoms with E-state index in [0.717, 1.165) is 56.8 Å². The molecule has 2 aromatic carbocycles. The number of piperidine rings is 1. The summed E-state index contributed by atoms with van der Waals surface area (Å²) in [5, 5.41) is 7.24. The van der Waals surface area contributed by atoms with Gasteiger partial charge in [-0.15, -0.1) is 0 Å². The second kappa shape index (κ2) is 13.8. The number of carbonyl (C=O) groups excluding carboxylic acids is 2. The molecule has 1 unspecified atom stereocenters. The first kappa shape index (κ1) is 31.6. The van der Waals surface area contributed by atoms with Gasteiger partial charge in [0.1, 0.15) is 6.04 Å². The van der Waals surface area contributed by atoms with Crippen molar-refractivity contribution in [3.8, 4) is 0 Å². The Balaban J connectivity index is 1.25. The molecule has 0 aliphatic carbocycles. The van der Waals surface area contributed by atoms with E-state index in [1.165, 1.54) is 17.5 Å². The Morgan fingerprint density at radius 1 is 1.00 bits per heavy atom. The van der Waals surface area contributed by atoms with E-state index in [1.54, 1.807) is 0 Å². The lowest BCUT2D eigenvalue weighted by molar-refractivity contribution is -0.139. The molecule has 3 heterocycles. The summed E-state index contributed by atoms with van der Waals surface area (Å²) in [4.78, 5) is 34.4. The van der Waals surface area contributed by atoms with E-state index >= 15 is 0 Å². The maximum Gasteiger partial charge on any atom is 0.245 e. The first-order valence-electron chi connectivity index (χ1n) is 15.9. The smallest absolute Gasteiger partial charge is 0.245 e. The summed E-state index contributed by atoms with van der Waals surface area (Å²) >= 11 is 6.13.